The Bertz CT molecular complexity index is 742. The van der Waals surface area contributed by atoms with Crippen molar-refractivity contribution >= 4 is 17.6 Å². The molecule has 1 aromatic heterocycles. The number of esters is 1. The Labute approximate surface area is 125 Å². The number of rotatable bonds is 2. The Balaban J connectivity index is 2.17. The minimum absolute atomic E-state index is 0.0176. The minimum atomic E-state index is -0.553. The Morgan fingerprint density at radius 3 is 3.05 bits per heavy atom. The molecule has 0 atom stereocenters. The maximum atomic E-state index is 13.5. The van der Waals surface area contributed by atoms with Crippen LogP contribution in [-0.4, -0.2) is 22.1 Å². The predicted octanol–water partition coefficient (Wildman–Crippen LogP) is 3.04. The second-order valence-electron chi connectivity index (χ2n) is 4.53. The average Bonchev–Trinajstić information content (AvgIpc) is 2.78. The first-order valence-electron chi connectivity index (χ1n) is 6.40. The molecule has 0 N–H and O–H groups in total. The maximum Gasteiger partial charge on any atom is 0.358 e. The second kappa shape index (κ2) is 5.04. The lowest BCUT2D eigenvalue weighted by Gasteiger charge is -2.21. The highest BCUT2D eigenvalue weighted by molar-refractivity contribution is 6.31. The van der Waals surface area contributed by atoms with Crippen LogP contribution in [0.15, 0.2) is 12.1 Å². The molecular formula is C14H12ClFN2O3. The highest BCUT2D eigenvalue weighted by atomic mass is 35.5. The van der Waals surface area contributed by atoms with Gasteiger partial charge < -0.3 is 9.47 Å². The van der Waals surface area contributed by atoms with Crippen molar-refractivity contribution < 1.29 is 18.7 Å². The summed E-state index contributed by atoms with van der Waals surface area (Å²) in [7, 11) is 0. The van der Waals surface area contributed by atoms with Gasteiger partial charge in [0.1, 0.15) is 24.0 Å². The van der Waals surface area contributed by atoms with E-state index in [-0.39, 0.29) is 23.9 Å². The molecule has 7 heteroatoms. The van der Waals surface area contributed by atoms with Crippen molar-refractivity contribution in [2.45, 2.75) is 20.5 Å². The van der Waals surface area contributed by atoms with Gasteiger partial charge in [-0.2, -0.15) is 0 Å². The van der Waals surface area contributed by atoms with E-state index in [2.05, 4.69) is 4.98 Å². The molecule has 2 aromatic rings. The molecule has 5 nitrogen and oxygen atoms in total. The third-order valence-electron chi connectivity index (χ3n) is 3.22. The summed E-state index contributed by atoms with van der Waals surface area (Å²) < 4.78 is 25.7. The van der Waals surface area contributed by atoms with Crippen molar-refractivity contribution in [2.75, 3.05) is 6.61 Å². The van der Waals surface area contributed by atoms with E-state index in [1.165, 1.54) is 12.1 Å². The van der Waals surface area contributed by atoms with Crippen LogP contribution >= 0.6 is 11.6 Å². The summed E-state index contributed by atoms with van der Waals surface area (Å²) in [4.78, 5) is 16.2. The monoisotopic (exact) mass is 310 g/mol. The van der Waals surface area contributed by atoms with Crippen molar-refractivity contribution in [3.05, 3.63) is 40.2 Å². The maximum absolute atomic E-state index is 13.5. The Hall–Kier alpha value is -2.08. The number of hydrogen-bond donors (Lipinski definition) is 0. The fourth-order valence-electron chi connectivity index (χ4n) is 2.35. The van der Waals surface area contributed by atoms with Gasteiger partial charge in [0.25, 0.3) is 0 Å². The zero-order valence-corrected chi connectivity index (χ0v) is 12.2. The molecule has 3 rings (SSSR count). The van der Waals surface area contributed by atoms with E-state index in [0.29, 0.717) is 23.0 Å². The van der Waals surface area contributed by atoms with Crippen LogP contribution < -0.4 is 4.74 Å². The van der Waals surface area contributed by atoms with Crippen LogP contribution in [0.4, 0.5) is 4.39 Å². The molecule has 0 saturated heterocycles. The molecule has 0 spiro atoms. The van der Waals surface area contributed by atoms with Gasteiger partial charge in [-0.25, -0.2) is 14.2 Å². The van der Waals surface area contributed by atoms with Crippen LogP contribution in [-0.2, 0) is 11.3 Å². The molecular weight excluding hydrogens is 299 g/mol. The topological polar surface area (TPSA) is 53.3 Å². The summed E-state index contributed by atoms with van der Waals surface area (Å²) in [6.45, 7) is 3.85. The van der Waals surface area contributed by atoms with E-state index in [1.807, 2.05) is 0 Å². The fourth-order valence-corrected chi connectivity index (χ4v) is 2.51. The average molecular weight is 311 g/mol. The number of carbonyl (C=O) groups is 1. The molecule has 1 aliphatic rings. The zero-order valence-electron chi connectivity index (χ0n) is 11.4. The summed E-state index contributed by atoms with van der Waals surface area (Å²) in [5, 5.41) is -0.0176. The first-order chi connectivity index (χ1) is 10.0. The lowest BCUT2D eigenvalue weighted by atomic mass is 10.2. The molecule has 0 fully saturated rings. The number of ether oxygens (including phenoxy) is 2. The van der Waals surface area contributed by atoms with Crippen LogP contribution in [0.3, 0.4) is 0 Å². The lowest BCUT2D eigenvalue weighted by molar-refractivity contribution is 0.0516. The summed E-state index contributed by atoms with van der Waals surface area (Å²) in [5.74, 6) is -0.113. The smallest absolute Gasteiger partial charge is 0.358 e. The van der Waals surface area contributed by atoms with Crippen molar-refractivity contribution in [1.82, 2.24) is 9.55 Å². The number of hydrogen-bond acceptors (Lipinski definition) is 4. The highest BCUT2D eigenvalue weighted by Crippen LogP contribution is 2.35. The summed E-state index contributed by atoms with van der Waals surface area (Å²) >= 11 is 5.83. The van der Waals surface area contributed by atoms with Gasteiger partial charge in [-0.3, -0.25) is 4.57 Å². The van der Waals surface area contributed by atoms with Gasteiger partial charge in [-0.05, 0) is 19.9 Å². The first kappa shape index (κ1) is 13.9. The van der Waals surface area contributed by atoms with Crippen LogP contribution in [0, 0.1) is 12.7 Å². The third kappa shape index (κ3) is 2.15. The van der Waals surface area contributed by atoms with Gasteiger partial charge in [-0.1, -0.05) is 11.6 Å². The number of carbonyl (C=O) groups excluding carboxylic acids is 1. The molecule has 0 radical (unpaired) electrons. The van der Waals surface area contributed by atoms with Crippen LogP contribution in [0.25, 0.3) is 5.69 Å². The van der Waals surface area contributed by atoms with E-state index < -0.39 is 11.8 Å². The quantitative estimate of drug-likeness (QED) is 0.800. The normalized spacial score (nSPS) is 12.4. The predicted molar refractivity (Wildman–Crippen MR) is 73.6 cm³/mol. The van der Waals surface area contributed by atoms with Crippen LogP contribution in [0.5, 0.6) is 5.75 Å². The van der Waals surface area contributed by atoms with Crippen molar-refractivity contribution in [2.24, 2.45) is 0 Å². The minimum Gasteiger partial charge on any atom is -0.485 e. The zero-order chi connectivity index (χ0) is 15.1. The second-order valence-corrected chi connectivity index (χ2v) is 4.94. The van der Waals surface area contributed by atoms with E-state index >= 15 is 0 Å². The molecule has 0 bridgehead atoms. The number of aromatic nitrogens is 2. The number of benzene rings is 1. The van der Waals surface area contributed by atoms with Crippen LogP contribution in [0.2, 0.25) is 5.02 Å². The van der Waals surface area contributed by atoms with Crippen molar-refractivity contribution in [1.29, 1.82) is 0 Å². The largest absolute Gasteiger partial charge is 0.485 e. The Morgan fingerprint density at radius 1 is 1.57 bits per heavy atom. The Morgan fingerprint density at radius 2 is 2.33 bits per heavy atom. The molecule has 2 heterocycles. The number of aryl methyl sites for hydroxylation is 1. The van der Waals surface area contributed by atoms with Gasteiger partial charge in [0, 0.05) is 6.07 Å². The van der Waals surface area contributed by atoms with Gasteiger partial charge >= 0.3 is 5.97 Å². The van der Waals surface area contributed by atoms with Gasteiger partial charge in [0.15, 0.2) is 5.69 Å². The van der Waals surface area contributed by atoms with Gasteiger partial charge in [-0.15, -0.1) is 0 Å². The lowest BCUT2D eigenvalue weighted by Crippen LogP contribution is -2.17. The highest BCUT2D eigenvalue weighted by Gasteiger charge is 2.28. The number of halogens is 2. The number of nitrogens with zero attached hydrogens (tertiary/aromatic N) is 2. The summed E-state index contributed by atoms with van der Waals surface area (Å²) in [6.07, 6.45) is 0. The standard InChI is InChI=1S/C14H12ClFN2O3/c1-3-20-14(19)13-11-6-21-12-5-9(16)8(15)4-10(12)18(11)7(2)17-13/h4-5H,3,6H2,1-2H3. The number of imidazole rings is 1. The van der Waals surface area contributed by atoms with Gasteiger partial charge in [0.2, 0.25) is 0 Å². The molecule has 0 amide bonds. The SMILES string of the molecule is CCOC(=O)c1nc(C)n2c1COc1cc(F)c(Cl)cc1-2. The molecule has 21 heavy (non-hydrogen) atoms. The molecule has 0 unspecified atom stereocenters. The molecule has 0 saturated carbocycles. The molecule has 1 aromatic carbocycles. The van der Waals surface area contributed by atoms with Crippen molar-refractivity contribution in [3.8, 4) is 11.4 Å². The molecule has 1 aliphatic heterocycles. The number of fused-ring (bicyclic) bond motifs is 3. The summed E-state index contributed by atoms with van der Waals surface area (Å²) in [5.41, 5.74) is 1.34. The fraction of sp³-hybridized carbons (Fsp3) is 0.286. The van der Waals surface area contributed by atoms with E-state index in [1.54, 1.807) is 18.4 Å². The summed E-state index contributed by atoms with van der Waals surface area (Å²) in [6, 6.07) is 2.68. The molecule has 0 aliphatic carbocycles. The van der Waals surface area contributed by atoms with E-state index in [4.69, 9.17) is 21.1 Å². The molecule has 110 valence electrons. The third-order valence-corrected chi connectivity index (χ3v) is 3.51. The van der Waals surface area contributed by atoms with Crippen molar-refractivity contribution in [3.63, 3.8) is 0 Å². The van der Waals surface area contributed by atoms with E-state index in [9.17, 15) is 9.18 Å². The Kier molecular flexibility index (Phi) is 3.33. The van der Waals surface area contributed by atoms with E-state index in [0.717, 1.165) is 0 Å². The first-order valence-corrected chi connectivity index (χ1v) is 6.78. The van der Waals surface area contributed by atoms with Crippen LogP contribution in [0.1, 0.15) is 28.9 Å². The van der Waals surface area contributed by atoms with Gasteiger partial charge in [0.05, 0.1) is 23.0 Å².